The lowest BCUT2D eigenvalue weighted by Gasteiger charge is -2.25. The molecule has 0 bridgehead atoms. The molecule has 1 N–H and O–H groups in total. The molecule has 0 aromatic rings. The normalized spacial score (nSPS) is 33.6. The van der Waals surface area contributed by atoms with Crippen molar-refractivity contribution in [3.63, 3.8) is 0 Å². The summed E-state index contributed by atoms with van der Waals surface area (Å²) in [5, 5.41) is 3.80. The Balaban J connectivity index is 1.64. The van der Waals surface area contributed by atoms with Crippen LogP contribution in [0.15, 0.2) is 0 Å². The van der Waals surface area contributed by atoms with Crippen molar-refractivity contribution in [2.45, 2.75) is 57.9 Å². The maximum atomic E-state index is 5.40. The zero-order valence-corrected chi connectivity index (χ0v) is 10.7. The number of hydrogen-bond donors (Lipinski definition) is 1. The molecule has 1 heterocycles. The molecule has 2 unspecified atom stereocenters. The van der Waals surface area contributed by atoms with Gasteiger partial charge in [-0.3, -0.25) is 0 Å². The molecule has 1 aliphatic carbocycles. The molecule has 0 aromatic carbocycles. The van der Waals surface area contributed by atoms with Gasteiger partial charge in [0.25, 0.3) is 0 Å². The number of nitrogens with one attached hydrogen (secondary N) is 1. The van der Waals surface area contributed by atoms with Crippen molar-refractivity contribution in [2.75, 3.05) is 19.8 Å². The Kier molecular flexibility index (Phi) is 5.11. The molecule has 2 aliphatic rings. The Morgan fingerprint density at radius 3 is 2.62 bits per heavy atom. The van der Waals surface area contributed by atoms with Gasteiger partial charge in [0, 0.05) is 19.3 Å². The number of rotatable bonds is 3. The lowest BCUT2D eigenvalue weighted by molar-refractivity contribution is 0.0652. The first-order valence-electron chi connectivity index (χ1n) is 7.15. The highest BCUT2D eigenvalue weighted by Crippen LogP contribution is 2.23. The van der Waals surface area contributed by atoms with Crippen LogP contribution in [0.25, 0.3) is 0 Å². The van der Waals surface area contributed by atoms with Crippen LogP contribution in [0.3, 0.4) is 0 Å². The molecular formula is C14H27NO. The summed E-state index contributed by atoms with van der Waals surface area (Å²) in [6.45, 7) is 5.59. The van der Waals surface area contributed by atoms with Crippen LogP contribution in [-0.2, 0) is 4.74 Å². The summed E-state index contributed by atoms with van der Waals surface area (Å²) >= 11 is 0. The van der Waals surface area contributed by atoms with Crippen LogP contribution in [0, 0.1) is 11.8 Å². The molecule has 0 aromatic heterocycles. The van der Waals surface area contributed by atoms with E-state index in [4.69, 9.17) is 4.74 Å². The molecule has 1 aliphatic heterocycles. The third-order valence-corrected chi connectivity index (χ3v) is 4.29. The highest BCUT2D eigenvalue weighted by molar-refractivity contribution is 4.75. The molecule has 94 valence electrons. The van der Waals surface area contributed by atoms with Gasteiger partial charge >= 0.3 is 0 Å². The smallest absolute Gasteiger partial charge is 0.0469 e. The zero-order chi connectivity index (χ0) is 11.2. The van der Waals surface area contributed by atoms with Crippen molar-refractivity contribution in [2.24, 2.45) is 11.8 Å². The Morgan fingerprint density at radius 1 is 1.00 bits per heavy atom. The fraction of sp³-hybridized carbons (Fsp3) is 1.00. The minimum Gasteiger partial charge on any atom is -0.381 e. The van der Waals surface area contributed by atoms with Gasteiger partial charge in [-0.05, 0) is 50.5 Å². The maximum Gasteiger partial charge on any atom is 0.0469 e. The van der Waals surface area contributed by atoms with E-state index < -0.39 is 0 Å². The van der Waals surface area contributed by atoms with Crippen molar-refractivity contribution in [1.82, 2.24) is 5.32 Å². The fourth-order valence-electron chi connectivity index (χ4n) is 2.98. The maximum absolute atomic E-state index is 5.40. The summed E-state index contributed by atoms with van der Waals surface area (Å²) in [7, 11) is 0. The number of ether oxygens (including phenoxy) is 1. The summed E-state index contributed by atoms with van der Waals surface area (Å²) in [6.07, 6.45) is 9.59. The van der Waals surface area contributed by atoms with E-state index in [1.54, 1.807) is 0 Å². The lowest BCUT2D eigenvalue weighted by Crippen LogP contribution is -2.35. The van der Waals surface area contributed by atoms with E-state index in [9.17, 15) is 0 Å². The van der Waals surface area contributed by atoms with Gasteiger partial charge in [-0.15, -0.1) is 0 Å². The summed E-state index contributed by atoms with van der Waals surface area (Å²) < 4.78 is 5.40. The summed E-state index contributed by atoms with van der Waals surface area (Å²) in [6, 6.07) is 0.799. The van der Waals surface area contributed by atoms with Crippen molar-refractivity contribution in [3.8, 4) is 0 Å². The van der Waals surface area contributed by atoms with E-state index >= 15 is 0 Å². The van der Waals surface area contributed by atoms with Crippen molar-refractivity contribution in [1.29, 1.82) is 0 Å². The van der Waals surface area contributed by atoms with Crippen LogP contribution < -0.4 is 5.32 Å². The third kappa shape index (κ3) is 4.06. The predicted octanol–water partition coefficient (Wildman–Crippen LogP) is 2.97. The second kappa shape index (κ2) is 6.61. The SMILES string of the molecule is CC1CCCC(NCC2CCOCC2)CC1. The second-order valence-electron chi connectivity index (χ2n) is 5.77. The molecule has 2 nitrogen and oxygen atoms in total. The van der Waals surface area contributed by atoms with Gasteiger partial charge in [-0.25, -0.2) is 0 Å². The summed E-state index contributed by atoms with van der Waals surface area (Å²) in [4.78, 5) is 0. The van der Waals surface area contributed by atoms with Crippen LogP contribution in [0.4, 0.5) is 0 Å². The minimum absolute atomic E-state index is 0.799. The predicted molar refractivity (Wildman–Crippen MR) is 67.6 cm³/mol. The van der Waals surface area contributed by atoms with Crippen molar-refractivity contribution in [3.05, 3.63) is 0 Å². The Morgan fingerprint density at radius 2 is 1.81 bits per heavy atom. The van der Waals surface area contributed by atoms with E-state index in [1.807, 2.05) is 0 Å². The van der Waals surface area contributed by atoms with Crippen LogP contribution in [0.1, 0.15) is 51.9 Å². The molecule has 1 saturated carbocycles. The topological polar surface area (TPSA) is 21.3 Å². The molecule has 2 heteroatoms. The summed E-state index contributed by atoms with van der Waals surface area (Å²) in [5.41, 5.74) is 0. The van der Waals surface area contributed by atoms with Crippen LogP contribution in [-0.4, -0.2) is 25.8 Å². The molecule has 2 rings (SSSR count). The molecule has 0 amide bonds. The van der Waals surface area contributed by atoms with Gasteiger partial charge < -0.3 is 10.1 Å². The van der Waals surface area contributed by atoms with E-state index in [0.717, 1.165) is 31.1 Å². The van der Waals surface area contributed by atoms with Crippen molar-refractivity contribution < 1.29 is 4.74 Å². The van der Waals surface area contributed by atoms with Gasteiger partial charge in [0.1, 0.15) is 0 Å². The first kappa shape index (κ1) is 12.4. The van der Waals surface area contributed by atoms with Gasteiger partial charge in [-0.2, -0.15) is 0 Å². The molecule has 2 fully saturated rings. The highest BCUT2D eigenvalue weighted by Gasteiger charge is 2.18. The molecule has 0 spiro atoms. The number of hydrogen-bond acceptors (Lipinski definition) is 2. The van der Waals surface area contributed by atoms with Crippen LogP contribution >= 0.6 is 0 Å². The van der Waals surface area contributed by atoms with E-state index in [2.05, 4.69) is 12.2 Å². The highest BCUT2D eigenvalue weighted by atomic mass is 16.5. The molecule has 16 heavy (non-hydrogen) atoms. The van der Waals surface area contributed by atoms with Crippen LogP contribution in [0.2, 0.25) is 0 Å². The standard InChI is InChI=1S/C14H27NO/c1-12-3-2-4-14(6-5-12)15-11-13-7-9-16-10-8-13/h12-15H,2-11H2,1H3. The molecule has 2 atom stereocenters. The minimum atomic E-state index is 0.799. The van der Waals surface area contributed by atoms with E-state index in [-0.39, 0.29) is 0 Å². The Bertz CT molecular complexity index is 189. The van der Waals surface area contributed by atoms with Gasteiger partial charge in [0.2, 0.25) is 0 Å². The zero-order valence-electron chi connectivity index (χ0n) is 10.7. The summed E-state index contributed by atoms with van der Waals surface area (Å²) in [5.74, 6) is 1.82. The first-order valence-corrected chi connectivity index (χ1v) is 7.15. The first-order chi connectivity index (χ1) is 7.84. The Hall–Kier alpha value is -0.0800. The van der Waals surface area contributed by atoms with Gasteiger partial charge in [0.05, 0.1) is 0 Å². The molecule has 1 saturated heterocycles. The second-order valence-corrected chi connectivity index (χ2v) is 5.77. The third-order valence-electron chi connectivity index (χ3n) is 4.29. The van der Waals surface area contributed by atoms with Crippen LogP contribution in [0.5, 0.6) is 0 Å². The lowest BCUT2D eigenvalue weighted by atomic mass is 9.99. The average molecular weight is 225 g/mol. The van der Waals surface area contributed by atoms with Crippen molar-refractivity contribution >= 4 is 0 Å². The van der Waals surface area contributed by atoms with E-state index in [0.29, 0.717) is 0 Å². The molecule has 0 radical (unpaired) electrons. The molecular weight excluding hydrogens is 198 g/mol. The quantitative estimate of drug-likeness (QED) is 0.746. The monoisotopic (exact) mass is 225 g/mol. The Labute approximate surface area is 100 Å². The van der Waals surface area contributed by atoms with Gasteiger partial charge in [0.15, 0.2) is 0 Å². The average Bonchev–Trinajstić information content (AvgIpc) is 2.53. The fourth-order valence-corrected chi connectivity index (χ4v) is 2.98. The largest absolute Gasteiger partial charge is 0.381 e. The van der Waals surface area contributed by atoms with E-state index in [1.165, 1.54) is 51.5 Å². The van der Waals surface area contributed by atoms with Gasteiger partial charge in [-0.1, -0.05) is 19.8 Å².